The molecule has 1 aliphatic heterocycles. The van der Waals surface area contributed by atoms with E-state index in [1.54, 1.807) is 0 Å². The second kappa shape index (κ2) is 6.05. The van der Waals surface area contributed by atoms with Crippen LogP contribution in [0.15, 0.2) is 15.8 Å². The van der Waals surface area contributed by atoms with Crippen LogP contribution in [0.5, 0.6) is 0 Å². The second-order valence-corrected chi connectivity index (χ2v) is 4.70. The van der Waals surface area contributed by atoms with Crippen molar-refractivity contribution in [2.24, 2.45) is 0 Å². The molecule has 10 heteroatoms. The molecule has 0 unspecified atom stereocenters. The summed E-state index contributed by atoms with van der Waals surface area (Å²) >= 11 is 0. The van der Waals surface area contributed by atoms with Crippen LogP contribution >= 0.6 is 0 Å². The zero-order valence-corrected chi connectivity index (χ0v) is 10.8. The van der Waals surface area contributed by atoms with Crippen molar-refractivity contribution < 1.29 is 30.3 Å². The van der Waals surface area contributed by atoms with Gasteiger partial charge in [-0.1, -0.05) is 0 Å². The first-order valence-electron chi connectivity index (χ1n) is 6.16. The Morgan fingerprint density at radius 1 is 1.14 bits per heavy atom. The van der Waals surface area contributed by atoms with Gasteiger partial charge in [0.15, 0.2) is 6.23 Å². The lowest BCUT2D eigenvalue weighted by Crippen LogP contribution is -2.58. The van der Waals surface area contributed by atoms with Gasteiger partial charge in [0.25, 0.3) is 5.56 Å². The first-order valence-corrected chi connectivity index (χ1v) is 6.16. The summed E-state index contributed by atoms with van der Waals surface area (Å²) in [5.41, 5.74) is -1.86. The minimum absolute atomic E-state index is 0.147. The Bertz CT molecular complexity index is 609. The highest BCUT2D eigenvalue weighted by molar-refractivity contribution is 5.04. The maximum atomic E-state index is 11.8. The number of aliphatic hydroxyl groups excluding tert-OH is 5. The Morgan fingerprint density at radius 2 is 1.81 bits per heavy atom. The van der Waals surface area contributed by atoms with Crippen molar-refractivity contribution in [2.75, 3.05) is 6.61 Å². The first kappa shape index (κ1) is 15.8. The summed E-state index contributed by atoms with van der Waals surface area (Å²) in [4.78, 5) is 25.1. The van der Waals surface area contributed by atoms with Crippen LogP contribution in [-0.2, 0) is 11.3 Å². The van der Waals surface area contributed by atoms with Crippen molar-refractivity contribution >= 4 is 0 Å². The quantitative estimate of drug-likeness (QED) is 0.329. The number of aromatic amines is 1. The lowest BCUT2D eigenvalue weighted by atomic mass is 9.98. The Kier molecular flexibility index (Phi) is 4.56. The summed E-state index contributed by atoms with van der Waals surface area (Å²) in [6.07, 6.45) is -6.53. The molecule has 1 aromatic rings. The molecule has 1 saturated heterocycles. The number of nitrogens with zero attached hydrogens (tertiary/aromatic N) is 1. The van der Waals surface area contributed by atoms with E-state index in [-0.39, 0.29) is 5.56 Å². The monoisotopic (exact) mass is 304 g/mol. The predicted octanol–water partition coefficient (Wildman–Crippen LogP) is -4.00. The fourth-order valence-electron chi connectivity index (χ4n) is 2.14. The van der Waals surface area contributed by atoms with Gasteiger partial charge in [0, 0.05) is 6.20 Å². The fourth-order valence-corrected chi connectivity index (χ4v) is 2.14. The summed E-state index contributed by atoms with van der Waals surface area (Å²) in [6, 6.07) is 0. The highest BCUT2D eigenvalue weighted by Crippen LogP contribution is 2.27. The number of aromatic nitrogens is 2. The molecule has 0 aliphatic carbocycles. The minimum atomic E-state index is -1.67. The molecular weight excluding hydrogens is 288 g/mol. The van der Waals surface area contributed by atoms with Gasteiger partial charge in [-0.3, -0.25) is 14.3 Å². The molecule has 0 radical (unpaired) electrons. The lowest BCUT2D eigenvalue weighted by Gasteiger charge is -2.40. The summed E-state index contributed by atoms with van der Waals surface area (Å²) in [5.74, 6) is 0. The van der Waals surface area contributed by atoms with E-state index in [0.29, 0.717) is 0 Å². The van der Waals surface area contributed by atoms with Gasteiger partial charge in [0.2, 0.25) is 0 Å². The second-order valence-electron chi connectivity index (χ2n) is 4.70. The number of aliphatic hydroxyl groups is 5. The first-order chi connectivity index (χ1) is 9.90. The van der Waals surface area contributed by atoms with E-state index in [9.17, 15) is 24.9 Å². The fraction of sp³-hybridized carbons (Fsp3) is 0.636. The average Bonchev–Trinajstić information content (AvgIpc) is 2.46. The van der Waals surface area contributed by atoms with Gasteiger partial charge >= 0.3 is 5.69 Å². The van der Waals surface area contributed by atoms with E-state index in [0.717, 1.165) is 10.8 Å². The van der Waals surface area contributed by atoms with Crippen molar-refractivity contribution in [3.05, 3.63) is 32.6 Å². The molecule has 10 nitrogen and oxygen atoms in total. The van der Waals surface area contributed by atoms with Gasteiger partial charge in [0.1, 0.15) is 24.4 Å². The Hall–Kier alpha value is -1.56. The lowest BCUT2D eigenvalue weighted by molar-refractivity contribution is -0.252. The van der Waals surface area contributed by atoms with Gasteiger partial charge in [0.05, 0.1) is 18.8 Å². The number of ether oxygens (including phenoxy) is 1. The van der Waals surface area contributed by atoms with Gasteiger partial charge in [-0.15, -0.1) is 0 Å². The van der Waals surface area contributed by atoms with Crippen molar-refractivity contribution in [3.63, 3.8) is 0 Å². The predicted molar refractivity (Wildman–Crippen MR) is 66.3 cm³/mol. The highest BCUT2D eigenvalue weighted by Gasteiger charge is 2.44. The molecule has 21 heavy (non-hydrogen) atoms. The normalized spacial score (nSPS) is 33.1. The Labute approximate surface area is 117 Å². The summed E-state index contributed by atoms with van der Waals surface area (Å²) in [7, 11) is 0. The van der Waals surface area contributed by atoms with E-state index in [1.165, 1.54) is 0 Å². The molecule has 0 bridgehead atoms. The van der Waals surface area contributed by atoms with Crippen LogP contribution < -0.4 is 11.2 Å². The zero-order chi connectivity index (χ0) is 15.7. The largest absolute Gasteiger partial charge is 0.394 e. The molecular formula is C11H16N2O8. The van der Waals surface area contributed by atoms with E-state index in [1.807, 2.05) is 4.98 Å². The third-order valence-corrected chi connectivity index (χ3v) is 3.35. The molecule has 1 aromatic heterocycles. The van der Waals surface area contributed by atoms with E-state index >= 15 is 0 Å². The van der Waals surface area contributed by atoms with Crippen LogP contribution in [0.4, 0.5) is 0 Å². The third kappa shape index (κ3) is 2.77. The van der Waals surface area contributed by atoms with E-state index < -0.39 is 55.1 Å². The zero-order valence-electron chi connectivity index (χ0n) is 10.8. The van der Waals surface area contributed by atoms with Crippen LogP contribution in [0.3, 0.4) is 0 Å². The van der Waals surface area contributed by atoms with Crippen LogP contribution in [-0.4, -0.2) is 66.1 Å². The molecule has 5 atom stereocenters. The van der Waals surface area contributed by atoms with Crippen LogP contribution in [0.1, 0.15) is 11.8 Å². The summed E-state index contributed by atoms with van der Waals surface area (Å²) in [5, 5.41) is 47.3. The number of rotatable bonds is 3. The number of H-pyrrole nitrogens is 1. The minimum Gasteiger partial charge on any atom is -0.394 e. The average molecular weight is 304 g/mol. The Balaban J connectivity index is 2.45. The van der Waals surface area contributed by atoms with Gasteiger partial charge in [-0.05, 0) is 0 Å². The third-order valence-electron chi connectivity index (χ3n) is 3.35. The standard InChI is InChI=1S/C11H16N2O8/c14-2-4-1-13(11(20)12-9(4)19)10-8(18)7(17)6(16)5(3-15)21-10/h1,5-8,10,14-18H,2-3H2,(H,12,19,20)/t5-,6-,7+,8-,10-/m1/s1. The molecule has 2 rings (SSSR count). The van der Waals surface area contributed by atoms with Gasteiger partial charge in [-0.2, -0.15) is 0 Å². The van der Waals surface area contributed by atoms with E-state index in [4.69, 9.17) is 14.9 Å². The van der Waals surface area contributed by atoms with Crippen molar-refractivity contribution in [1.29, 1.82) is 0 Å². The maximum absolute atomic E-state index is 11.8. The van der Waals surface area contributed by atoms with Gasteiger partial charge < -0.3 is 30.3 Å². The molecule has 1 fully saturated rings. The van der Waals surface area contributed by atoms with E-state index in [2.05, 4.69) is 0 Å². The molecule has 6 N–H and O–H groups in total. The number of nitrogens with one attached hydrogen (secondary N) is 1. The number of hydrogen-bond donors (Lipinski definition) is 6. The Morgan fingerprint density at radius 3 is 2.38 bits per heavy atom. The van der Waals surface area contributed by atoms with Crippen LogP contribution in [0, 0.1) is 0 Å². The molecule has 2 heterocycles. The SMILES string of the molecule is O=c1[nH]c(=O)n([C@@H]2O[C@H](CO)[C@@H](O)[C@H](O)[C@H]2O)cc1CO. The summed E-state index contributed by atoms with van der Waals surface area (Å²) < 4.78 is 5.96. The molecule has 118 valence electrons. The topological polar surface area (TPSA) is 165 Å². The number of hydrogen-bond acceptors (Lipinski definition) is 8. The van der Waals surface area contributed by atoms with Crippen LogP contribution in [0.2, 0.25) is 0 Å². The molecule has 1 aliphatic rings. The highest BCUT2D eigenvalue weighted by atomic mass is 16.6. The smallest absolute Gasteiger partial charge is 0.330 e. The molecule has 0 amide bonds. The van der Waals surface area contributed by atoms with Crippen molar-refractivity contribution in [3.8, 4) is 0 Å². The molecule has 0 spiro atoms. The molecule has 0 saturated carbocycles. The van der Waals surface area contributed by atoms with Crippen molar-refractivity contribution in [1.82, 2.24) is 9.55 Å². The summed E-state index contributed by atoms with van der Waals surface area (Å²) in [6.45, 7) is -1.29. The maximum Gasteiger partial charge on any atom is 0.330 e. The molecule has 0 aromatic carbocycles. The van der Waals surface area contributed by atoms with Crippen molar-refractivity contribution in [2.45, 2.75) is 37.3 Å². The van der Waals surface area contributed by atoms with Gasteiger partial charge in [-0.25, -0.2) is 4.79 Å². The van der Waals surface area contributed by atoms with Crippen LogP contribution in [0.25, 0.3) is 0 Å².